The Balaban J connectivity index is 1.61. The van der Waals surface area contributed by atoms with Gasteiger partial charge < -0.3 is 15.5 Å². The number of anilines is 1. The van der Waals surface area contributed by atoms with Crippen LogP contribution >= 0.6 is 0 Å². The van der Waals surface area contributed by atoms with Gasteiger partial charge in [0.1, 0.15) is 0 Å². The molecular weight excluding hydrogens is 324 g/mol. The normalized spacial score (nSPS) is 13.9. The van der Waals surface area contributed by atoms with E-state index in [2.05, 4.69) is 21.7 Å². The van der Waals surface area contributed by atoms with Gasteiger partial charge in [0.15, 0.2) is 5.96 Å². The van der Waals surface area contributed by atoms with Crippen LogP contribution in [0.1, 0.15) is 24.5 Å². The van der Waals surface area contributed by atoms with Gasteiger partial charge in [-0.3, -0.25) is 4.79 Å². The van der Waals surface area contributed by atoms with Crippen LogP contribution in [0.5, 0.6) is 0 Å². The monoisotopic (exact) mass is 350 g/mol. The van der Waals surface area contributed by atoms with Crippen LogP contribution in [0.4, 0.5) is 5.69 Å². The van der Waals surface area contributed by atoms with Crippen molar-refractivity contribution < 1.29 is 4.79 Å². The molecule has 5 nitrogen and oxygen atoms in total. The molecule has 1 aliphatic rings. The Kier molecular flexibility index (Phi) is 6.25. The standard InChI is InChI=1S/C21H26N4O/c1-2-22-21(23-15-17-9-4-3-5-10-17)24-16-20(26)25-14-8-12-18-11-6-7-13-19(18)25/h3-7,9-11,13H,2,8,12,14-16H2,1H3,(H2,22,23,24). The fourth-order valence-corrected chi connectivity index (χ4v) is 3.14. The Hall–Kier alpha value is -2.82. The van der Waals surface area contributed by atoms with E-state index in [9.17, 15) is 4.79 Å². The highest BCUT2D eigenvalue weighted by Crippen LogP contribution is 2.26. The van der Waals surface area contributed by atoms with Crippen LogP contribution in [-0.4, -0.2) is 31.5 Å². The zero-order chi connectivity index (χ0) is 18.2. The number of aliphatic imine (C=N–C) groups is 1. The number of carbonyl (C=O) groups excluding carboxylic acids is 1. The molecule has 0 unspecified atom stereocenters. The maximum atomic E-state index is 12.7. The number of guanidine groups is 1. The second-order valence-corrected chi connectivity index (χ2v) is 6.31. The minimum Gasteiger partial charge on any atom is -0.357 e. The van der Waals surface area contributed by atoms with Crippen molar-refractivity contribution in [3.05, 3.63) is 65.7 Å². The summed E-state index contributed by atoms with van der Waals surface area (Å²) in [5, 5.41) is 6.36. The first-order chi connectivity index (χ1) is 12.8. The summed E-state index contributed by atoms with van der Waals surface area (Å²) in [7, 11) is 0. The van der Waals surface area contributed by atoms with E-state index < -0.39 is 0 Å². The molecule has 0 saturated carbocycles. The predicted molar refractivity (Wildman–Crippen MR) is 106 cm³/mol. The van der Waals surface area contributed by atoms with Gasteiger partial charge in [-0.05, 0) is 37.0 Å². The van der Waals surface area contributed by atoms with Crippen molar-refractivity contribution >= 4 is 17.6 Å². The molecule has 0 bridgehead atoms. The van der Waals surface area contributed by atoms with Crippen LogP contribution in [-0.2, 0) is 17.8 Å². The van der Waals surface area contributed by atoms with Crippen molar-refractivity contribution in [1.29, 1.82) is 0 Å². The largest absolute Gasteiger partial charge is 0.357 e. The van der Waals surface area contributed by atoms with Crippen LogP contribution < -0.4 is 15.5 Å². The van der Waals surface area contributed by atoms with E-state index >= 15 is 0 Å². The average Bonchev–Trinajstić information content (AvgIpc) is 2.70. The Morgan fingerprint density at radius 3 is 2.65 bits per heavy atom. The third kappa shape index (κ3) is 4.63. The number of amides is 1. The minimum absolute atomic E-state index is 0.0717. The molecule has 0 aromatic heterocycles. The number of rotatable bonds is 5. The summed E-state index contributed by atoms with van der Waals surface area (Å²) in [6, 6.07) is 18.2. The number of carbonyl (C=O) groups is 1. The number of benzene rings is 2. The molecule has 1 aliphatic heterocycles. The molecule has 2 N–H and O–H groups in total. The average molecular weight is 350 g/mol. The molecule has 1 amide bonds. The lowest BCUT2D eigenvalue weighted by atomic mass is 10.0. The van der Waals surface area contributed by atoms with Gasteiger partial charge in [0.25, 0.3) is 0 Å². The smallest absolute Gasteiger partial charge is 0.246 e. The predicted octanol–water partition coefficient (Wildman–Crippen LogP) is 2.72. The second kappa shape index (κ2) is 9.04. The van der Waals surface area contributed by atoms with Gasteiger partial charge in [-0.15, -0.1) is 0 Å². The van der Waals surface area contributed by atoms with Crippen LogP contribution in [0.15, 0.2) is 59.6 Å². The Labute approximate surface area is 155 Å². The van der Waals surface area contributed by atoms with E-state index in [-0.39, 0.29) is 12.5 Å². The summed E-state index contributed by atoms with van der Waals surface area (Å²) >= 11 is 0. The number of nitrogens with one attached hydrogen (secondary N) is 2. The number of fused-ring (bicyclic) bond motifs is 1. The molecule has 0 aliphatic carbocycles. The first-order valence-corrected chi connectivity index (χ1v) is 9.22. The van der Waals surface area contributed by atoms with Crippen molar-refractivity contribution in [2.75, 3.05) is 24.5 Å². The summed E-state index contributed by atoms with van der Waals surface area (Å²) < 4.78 is 0. The zero-order valence-electron chi connectivity index (χ0n) is 15.2. The third-order valence-corrected chi connectivity index (χ3v) is 4.43. The van der Waals surface area contributed by atoms with Gasteiger partial charge >= 0.3 is 0 Å². The summed E-state index contributed by atoms with van der Waals surface area (Å²) in [6.07, 6.45) is 2.04. The van der Waals surface area contributed by atoms with E-state index in [4.69, 9.17) is 0 Å². The maximum Gasteiger partial charge on any atom is 0.246 e. The van der Waals surface area contributed by atoms with Crippen molar-refractivity contribution in [3.63, 3.8) is 0 Å². The molecule has 136 valence electrons. The first-order valence-electron chi connectivity index (χ1n) is 9.22. The van der Waals surface area contributed by atoms with E-state index in [1.54, 1.807) is 0 Å². The lowest BCUT2D eigenvalue weighted by molar-refractivity contribution is -0.117. The Bertz CT molecular complexity index is 758. The SMILES string of the molecule is CCNC(=NCc1ccccc1)NCC(=O)N1CCCc2ccccc21. The van der Waals surface area contributed by atoms with Crippen molar-refractivity contribution in [1.82, 2.24) is 10.6 Å². The summed E-state index contributed by atoms with van der Waals surface area (Å²) in [4.78, 5) is 19.2. The number of aryl methyl sites for hydroxylation is 1. The highest BCUT2D eigenvalue weighted by molar-refractivity contribution is 5.98. The summed E-state index contributed by atoms with van der Waals surface area (Å²) in [5.74, 6) is 0.734. The number of para-hydroxylation sites is 1. The molecule has 2 aromatic carbocycles. The van der Waals surface area contributed by atoms with Crippen molar-refractivity contribution in [3.8, 4) is 0 Å². The fourth-order valence-electron chi connectivity index (χ4n) is 3.14. The van der Waals surface area contributed by atoms with Crippen molar-refractivity contribution in [2.24, 2.45) is 4.99 Å². The lowest BCUT2D eigenvalue weighted by Crippen LogP contribution is -2.46. The molecule has 0 saturated heterocycles. The number of nitrogens with zero attached hydrogens (tertiary/aromatic N) is 2. The molecule has 5 heteroatoms. The molecular formula is C21H26N4O. The fraction of sp³-hybridized carbons (Fsp3) is 0.333. The van der Waals surface area contributed by atoms with E-state index in [1.807, 2.05) is 60.4 Å². The molecule has 0 radical (unpaired) electrons. The molecule has 2 aromatic rings. The van der Waals surface area contributed by atoms with Crippen LogP contribution in [0, 0.1) is 0 Å². The molecule has 0 spiro atoms. The van der Waals surface area contributed by atoms with Gasteiger partial charge in [0.2, 0.25) is 5.91 Å². The van der Waals surface area contributed by atoms with Crippen LogP contribution in [0.2, 0.25) is 0 Å². The summed E-state index contributed by atoms with van der Waals surface area (Å²) in [6.45, 7) is 4.35. The minimum atomic E-state index is 0.0717. The highest BCUT2D eigenvalue weighted by atomic mass is 16.2. The molecule has 26 heavy (non-hydrogen) atoms. The Morgan fingerprint density at radius 1 is 1.08 bits per heavy atom. The van der Waals surface area contributed by atoms with Gasteiger partial charge in [-0.2, -0.15) is 0 Å². The topological polar surface area (TPSA) is 56.7 Å². The van der Waals surface area contributed by atoms with E-state index in [0.717, 1.165) is 37.2 Å². The quantitative estimate of drug-likeness (QED) is 0.644. The Morgan fingerprint density at radius 2 is 1.85 bits per heavy atom. The summed E-state index contributed by atoms with van der Waals surface area (Å²) in [5.41, 5.74) is 3.43. The van der Waals surface area contributed by atoms with E-state index in [1.165, 1.54) is 5.56 Å². The second-order valence-electron chi connectivity index (χ2n) is 6.31. The maximum absolute atomic E-state index is 12.7. The highest BCUT2D eigenvalue weighted by Gasteiger charge is 2.21. The first kappa shape index (κ1) is 18.0. The van der Waals surface area contributed by atoms with Crippen LogP contribution in [0.25, 0.3) is 0 Å². The lowest BCUT2D eigenvalue weighted by Gasteiger charge is -2.29. The third-order valence-electron chi connectivity index (χ3n) is 4.43. The molecule has 3 rings (SSSR count). The van der Waals surface area contributed by atoms with Crippen molar-refractivity contribution in [2.45, 2.75) is 26.3 Å². The number of hydrogen-bond acceptors (Lipinski definition) is 2. The van der Waals surface area contributed by atoms with E-state index in [0.29, 0.717) is 12.5 Å². The van der Waals surface area contributed by atoms with Gasteiger partial charge in [0, 0.05) is 18.8 Å². The zero-order valence-corrected chi connectivity index (χ0v) is 15.2. The molecule has 0 fully saturated rings. The van der Waals surface area contributed by atoms with Gasteiger partial charge in [-0.25, -0.2) is 4.99 Å². The van der Waals surface area contributed by atoms with Gasteiger partial charge in [-0.1, -0.05) is 48.5 Å². The van der Waals surface area contributed by atoms with Crippen LogP contribution in [0.3, 0.4) is 0 Å². The molecule has 0 atom stereocenters. The number of hydrogen-bond donors (Lipinski definition) is 2. The van der Waals surface area contributed by atoms with Gasteiger partial charge in [0.05, 0.1) is 13.1 Å². The molecule has 1 heterocycles.